The third-order valence-corrected chi connectivity index (χ3v) is 7.20. The lowest BCUT2D eigenvalue weighted by Crippen LogP contribution is -2.45. The van der Waals surface area contributed by atoms with Crippen LogP contribution in [0.15, 0.2) is 12.1 Å². The van der Waals surface area contributed by atoms with E-state index in [2.05, 4.69) is 21.7 Å². The molecule has 3 saturated carbocycles. The normalized spacial score (nSPS) is 31.9. The first-order valence-electron chi connectivity index (χ1n) is 8.38. The topological polar surface area (TPSA) is 30.7 Å². The fraction of sp³-hybridized carbons (Fsp3) is 0.647. The van der Waals surface area contributed by atoms with E-state index in [1.54, 1.807) is 11.3 Å². The van der Waals surface area contributed by atoms with Gasteiger partial charge in [0.15, 0.2) is 0 Å². The Kier molecular flexibility index (Phi) is 2.86. The number of hydrogen-bond donors (Lipinski definition) is 0. The van der Waals surface area contributed by atoms with Gasteiger partial charge in [0, 0.05) is 16.3 Å². The van der Waals surface area contributed by atoms with E-state index in [1.807, 2.05) is 12.1 Å². The molecule has 0 atom stereocenters. The average molecular weight is 352 g/mol. The Morgan fingerprint density at radius 3 is 2.43 bits per heavy atom. The van der Waals surface area contributed by atoms with Gasteiger partial charge in [-0.3, -0.25) is 0 Å². The highest BCUT2D eigenvalue weighted by atomic mass is 35.5. The van der Waals surface area contributed by atoms with Crippen molar-refractivity contribution < 1.29 is 4.39 Å². The molecule has 3 nitrogen and oxygen atoms in total. The van der Waals surface area contributed by atoms with Crippen LogP contribution in [-0.4, -0.2) is 20.9 Å². The molecule has 0 radical (unpaired) electrons. The van der Waals surface area contributed by atoms with E-state index in [9.17, 15) is 4.39 Å². The minimum atomic E-state index is -0.750. The third kappa shape index (κ3) is 2.05. The standard InChI is InChI=1S/C17H19ClFN3S/c1-16(6-7-16)14-20-21-15(22(14)11-2-3-11)17(8-10(19)9-17)12-4-5-13(18)23-12/h4-5,10-11H,2-3,6-9H2,1H3/t10-,17-. The second-order valence-corrected chi connectivity index (χ2v) is 9.42. The summed E-state index contributed by atoms with van der Waals surface area (Å²) in [6, 6.07) is 4.47. The smallest absolute Gasteiger partial charge is 0.145 e. The summed E-state index contributed by atoms with van der Waals surface area (Å²) in [7, 11) is 0. The van der Waals surface area contributed by atoms with Gasteiger partial charge in [0.2, 0.25) is 0 Å². The highest BCUT2D eigenvalue weighted by Gasteiger charge is 2.55. The first kappa shape index (κ1) is 14.4. The van der Waals surface area contributed by atoms with Crippen molar-refractivity contribution >= 4 is 22.9 Å². The largest absolute Gasteiger partial charge is 0.311 e. The number of alkyl halides is 1. The zero-order valence-corrected chi connectivity index (χ0v) is 14.6. The van der Waals surface area contributed by atoms with Crippen molar-refractivity contribution in [2.24, 2.45) is 0 Å². The van der Waals surface area contributed by atoms with Crippen molar-refractivity contribution in [3.05, 3.63) is 33.0 Å². The minimum absolute atomic E-state index is 0.182. The van der Waals surface area contributed by atoms with Gasteiger partial charge < -0.3 is 4.57 Å². The zero-order valence-electron chi connectivity index (χ0n) is 13.1. The molecule has 3 aliphatic carbocycles. The predicted molar refractivity (Wildman–Crippen MR) is 89.1 cm³/mol. The molecule has 6 heteroatoms. The van der Waals surface area contributed by atoms with E-state index >= 15 is 0 Å². The van der Waals surface area contributed by atoms with Gasteiger partial charge in [-0.1, -0.05) is 18.5 Å². The van der Waals surface area contributed by atoms with E-state index < -0.39 is 6.17 Å². The number of thiophene rings is 1. The Hall–Kier alpha value is -0.940. The fourth-order valence-electron chi connectivity index (χ4n) is 3.88. The van der Waals surface area contributed by atoms with Gasteiger partial charge in [0.1, 0.15) is 17.8 Å². The third-order valence-electron chi connectivity index (χ3n) is 5.76. The Morgan fingerprint density at radius 2 is 1.91 bits per heavy atom. The zero-order chi connectivity index (χ0) is 15.8. The summed E-state index contributed by atoms with van der Waals surface area (Å²) in [5, 5.41) is 9.19. The quantitative estimate of drug-likeness (QED) is 0.792. The van der Waals surface area contributed by atoms with Crippen LogP contribution in [0.2, 0.25) is 4.34 Å². The van der Waals surface area contributed by atoms with E-state index in [4.69, 9.17) is 11.6 Å². The summed E-state index contributed by atoms with van der Waals surface area (Å²) in [5.41, 5.74) is -0.142. The van der Waals surface area contributed by atoms with Crippen LogP contribution < -0.4 is 0 Å². The van der Waals surface area contributed by atoms with Crippen LogP contribution >= 0.6 is 22.9 Å². The molecule has 23 heavy (non-hydrogen) atoms. The van der Waals surface area contributed by atoms with Gasteiger partial charge >= 0.3 is 0 Å². The number of halogens is 2. The second-order valence-electron chi connectivity index (χ2n) is 7.70. The average Bonchev–Trinajstić information content (AvgIpc) is 3.38. The Bertz CT molecular complexity index is 769. The second kappa shape index (κ2) is 4.57. The van der Waals surface area contributed by atoms with Gasteiger partial charge in [-0.15, -0.1) is 21.5 Å². The molecule has 2 aromatic rings. The minimum Gasteiger partial charge on any atom is -0.311 e. The first-order valence-corrected chi connectivity index (χ1v) is 9.57. The Morgan fingerprint density at radius 1 is 1.22 bits per heavy atom. The van der Waals surface area contributed by atoms with E-state index in [-0.39, 0.29) is 10.8 Å². The van der Waals surface area contributed by atoms with Crippen LogP contribution in [0.5, 0.6) is 0 Å². The summed E-state index contributed by atoms with van der Waals surface area (Å²) in [6.07, 6.45) is 5.00. The monoisotopic (exact) mass is 351 g/mol. The fourth-order valence-corrected chi connectivity index (χ4v) is 5.13. The van der Waals surface area contributed by atoms with Crippen LogP contribution in [0.4, 0.5) is 4.39 Å². The lowest BCUT2D eigenvalue weighted by atomic mass is 9.65. The molecule has 0 saturated heterocycles. The van der Waals surface area contributed by atoms with Crippen LogP contribution in [0.1, 0.15) is 68.0 Å². The van der Waals surface area contributed by atoms with E-state index in [1.165, 1.54) is 25.7 Å². The molecular formula is C17H19ClFN3S. The number of rotatable bonds is 4. The van der Waals surface area contributed by atoms with E-state index in [0.717, 1.165) is 20.9 Å². The molecule has 0 aromatic carbocycles. The van der Waals surface area contributed by atoms with Crippen molar-refractivity contribution in [1.29, 1.82) is 0 Å². The van der Waals surface area contributed by atoms with Crippen molar-refractivity contribution in [1.82, 2.24) is 14.8 Å². The summed E-state index contributed by atoms with van der Waals surface area (Å²) in [6.45, 7) is 2.27. The molecule has 3 fully saturated rings. The van der Waals surface area contributed by atoms with Gasteiger partial charge in [-0.25, -0.2) is 4.39 Å². The molecule has 0 amide bonds. The molecule has 0 aliphatic heterocycles. The van der Waals surface area contributed by atoms with Crippen LogP contribution in [0.3, 0.4) is 0 Å². The number of nitrogens with zero attached hydrogens (tertiary/aromatic N) is 3. The lowest BCUT2D eigenvalue weighted by Gasteiger charge is -2.43. The maximum absolute atomic E-state index is 13.9. The molecule has 3 aliphatic rings. The van der Waals surface area contributed by atoms with Crippen molar-refractivity contribution in [2.45, 2.75) is 68.5 Å². The van der Waals surface area contributed by atoms with E-state index in [0.29, 0.717) is 18.9 Å². The molecule has 0 bridgehead atoms. The Balaban J connectivity index is 1.66. The summed E-state index contributed by atoms with van der Waals surface area (Å²) < 4.78 is 17.0. The molecule has 0 N–H and O–H groups in total. The van der Waals surface area contributed by atoms with Crippen molar-refractivity contribution in [3.8, 4) is 0 Å². The molecule has 2 heterocycles. The van der Waals surface area contributed by atoms with Crippen LogP contribution in [0, 0.1) is 0 Å². The molecule has 2 aromatic heterocycles. The highest BCUT2D eigenvalue weighted by Crippen LogP contribution is 2.56. The van der Waals surface area contributed by atoms with Crippen molar-refractivity contribution in [2.75, 3.05) is 0 Å². The summed E-state index contributed by atoms with van der Waals surface area (Å²) in [4.78, 5) is 1.14. The van der Waals surface area contributed by atoms with Gasteiger partial charge in [-0.2, -0.15) is 0 Å². The molecule has 0 unspecified atom stereocenters. The molecule has 122 valence electrons. The number of aromatic nitrogens is 3. The molecular weight excluding hydrogens is 333 g/mol. The van der Waals surface area contributed by atoms with Gasteiger partial charge in [-0.05, 0) is 50.7 Å². The highest BCUT2D eigenvalue weighted by molar-refractivity contribution is 7.16. The number of hydrogen-bond acceptors (Lipinski definition) is 3. The summed E-state index contributed by atoms with van der Waals surface area (Å²) >= 11 is 7.71. The predicted octanol–water partition coefficient (Wildman–Crippen LogP) is 4.80. The first-order chi connectivity index (χ1) is 11.0. The summed E-state index contributed by atoms with van der Waals surface area (Å²) in [5.74, 6) is 2.11. The maximum atomic E-state index is 13.9. The van der Waals surface area contributed by atoms with Crippen LogP contribution in [0.25, 0.3) is 0 Å². The lowest BCUT2D eigenvalue weighted by molar-refractivity contribution is 0.116. The van der Waals surface area contributed by atoms with Gasteiger partial charge in [0.25, 0.3) is 0 Å². The Labute approximate surface area is 143 Å². The molecule has 5 rings (SSSR count). The molecule has 0 spiro atoms. The SMILES string of the molecule is CC1(c2nnc([C@]3(c4ccc(Cl)s4)C[C@@H](F)C3)n2C2CC2)CC1. The van der Waals surface area contributed by atoms with Gasteiger partial charge in [0.05, 0.1) is 9.75 Å². The van der Waals surface area contributed by atoms with Crippen molar-refractivity contribution in [3.63, 3.8) is 0 Å². The maximum Gasteiger partial charge on any atom is 0.145 e. The van der Waals surface area contributed by atoms with Crippen LogP contribution in [-0.2, 0) is 10.8 Å².